The highest BCUT2D eigenvalue weighted by Crippen LogP contribution is 2.24. The number of aliphatic hydroxyl groups excluding tert-OH is 2. The average Bonchev–Trinajstić information content (AvgIpc) is 2.19. The number of hydrogen-bond donors (Lipinski definition) is 2. The summed E-state index contributed by atoms with van der Waals surface area (Å²) in [6, 6.07) is 8.02. The first-order chi connectivity index (χ1) is 6.77. The lowest BCUT2D eigenvalue weighted by Crippen LogP contribution is -2.03. The van der Waals surface area contributed by atoms with Crippen molar-refractivity contribution in [2.75, 3.05) is 13.2 Å². The highest BCUT2D eigenvalue weighted by atomic mass is 79.9. The summed E-state index contributed by atoms with van der Waals surface area (Å²) in [6.07, 6.45) is 1.42. The maximum absolute atomic E-state index is 8.89. The van der Waals surface area contributed by atoms with E-state index < -0.39 is 0 Å². The van der Waals surface area contributed by atoms with Crippen LogP contribution in [-0.2, 0) is 0 Å². The van der Waals surface area contributed by atoms with Crippen molar-refractivity contribution in [1.82, 2.24) is 0 Å². The Balaban J connectivity index is 2.71. The largest absolute Gasteiger partial charge is 0.396 e. The van der Waals surface area contributed by atoms with Gasteiger partial charge in [-0.25, -0.2) is 0 Å². The summed E-state index contributed by atoms with van der Waals surface area (Å²) in [5.74, 6) is 0.262. The fourth-order valence-electron chi connectivity index (χ4n) is 1.52. The van der Waals surface area contributed by atoms with Crippen LogP contribution in [-0.4, -0.2) is 23.4 Å². The van der Waals surface area contributed by atoms with Gasteiger partial charge in [-0.3, -0.25) is 0 Å². The van der Waals surface area contributed by atoms with Crippen molar-refractivity contribution in [3.63, 3.8) is 0 Å². The van der Waals surface area contributed by atoms with Crippen molar-refractivity contribution >= 4 is 15.9 Å². The van der Waals surface area contributed by atoms with Gasteiger partial charge in [-0.15, -0.1) is 0 Å². The zero-order valence-corrected chi connectivity index (χ0v) is 9.57. The number of rotatable bonds is 5. The average molecular weight is 259 g/mol. The molecule has 0 fully saturated rings. The highest BCUT2D eigenvalue weighted by molar-refractivity contribution is 9.10. The Bertz CT molecular complexity index is 252. The van der Waals surface area contributed by atoms with Gasteiger partial charge in [0.2, 0.25) is 0 Å². The van der Waals surface area contributed by atoms with Gasteiger partial charge in [0.1, 0.15) is 0 Å². The smallest absolute Gasteiger partial charge is 0.0436 e. The molecule has 1 aromatic carbocycles. The normalized spacial score (nSPS) is 10.9. The molecule has 0 saturated heterocycles. The van der Waals surface area contributed by atoms with E-state index in [9.17, 15) is 0 Å². The van der Waals surface area contributed by atoms with Gasteiger partial charge in [0, 0.05) is 17.7 Å². The quantitative estimate of drug-likeness (QED) is 0.851. The van der Waals surface area contributed by atoms with E-state index in [1.807, 2.05) is 24.3 Å². The Morgan fingerprint density at radius 2 is 1.50 bits per heavy atom. The van der Waals surface area contributed by atoms with Gasteiger partial charge in [0.15, 0.2) is 0 Å². The van der Waals surface area contributed by atoms with E-state index >= 15 is 0 Å². The molecule has 0 aliphatic carbocycles. The summed E-state index contributed by atoms with van der Waals surface area (Å²) >= 11 is 3.37. The lowest BCUT2D eigenvalue weighted by molar-refractivity contribution is 0.242. The Hall–Kier alpha value is -0.380. The molecule has 0 bridgehead atoms. The molecule has 0 unspecified atom stereocenters. The van der Waals surface area contributed by atoms with Crippen LogP contribution in [0.2, 0.25) is 0 Å². The van der Waals surface area contributed by atoms with Gasteiger partial charge in [-0.05, 0) is 36.5 Å². The molecule has 0 amide bonds. The minimum Gasteiger partial charge on any atom is -0.396 e. The van der Waals surface area contributed by atoms with E-state index in [1.165, 1.54) is 5.56 Å². The molecule has 0 aliphatic rings. The fraction of sp³-hybridized carbons (Fsp3) is 0.455. The van der Waals surface area contributed by atoms with Gasteiger partial charge >= 0.3 is 0 Å². The molecule has 3 heteroatoms. The molecule has 14 heavy (non-hydrogen) atoms. The van der Waals surface area contributed by atoms with Gasteiger partial charge in [0.05, 0.1) is 0 Å². The molecule has 2 N–H and O–H groups in total. The van der Waals surface area contributed by atoms with Gasteiger partial charge in [-0.1, -0.05) is 28.1 Å². The van der Waals surface area contributed by atoms with Crippen LogP contribution in [0.25, 0.3) is 0 Å². The Morgan fingerprint density at radius 1 is 1.00 bits per heavy atom. The SMILES string of the molecule is OCCC(CCO)c1ccc(Br)cc1. The number of benzene rings is 1. The van der Waals surface area contributed by atoms with Gasteiger partial charge < -0.3 is 10.2 Å². The highest BCUT2D eigenvalue weighted by Gasteiger charge is 2.09. The first-order valence-corrected chi connectivity index (χ1v) is 5.54. The summed E-state index contributed by atoms with van der Waals surface area (Å²) in [4.78, 5) is 0. The Labute approximate surface area is 92.7 Å². The summed E-state index contributed by atoms with van der Waals surface area (Å²) < 4.78 is 1.05. The van der Waals surface area contributed by atoms with E-state index in [2.05, 4.69) is 15.9 Å². The molecule has 0 atom stereocenters. The van der Waals surface area contributed by atoms with Gasteiger partial charge in [-0.2, -0.15) is 0 Å². The number of hydrogen-bond acceptors (Lipinski definition) is 2. The summed E-state index contributed by atoms with van der Waals surface area (Å²) in [5.41, 5.74) is 1.18. The molecule has 0 spiro atoms. The van der Waals surface area contributed by atoms with Crippen molar-refractivity contribution in [2.45, 2.75) is 18.8 Å². The monoisotopic (exact) mass is 258 g/mol. The van der Waals surface area contributed by atoms with Crippen LogP contribution < -0.4 is 0 Å². The molecule has 1 aromatic rings. The van der Waals surface area contributed by atoms with E-state index in [1.54, 1.807) is 0 Å². The van der Waals surface area contributed by atoms with Crippen LogP contribution in [0.5, 0.6) is 0 Å². The van der Waals surface area contributed by atoms with Crippen molar-refractivity contribution in [2.24, 2.45) is 0 Å². The summed E-state index contributed by atoms with van der Waals surface area (Å²) in [5, 5.41) is 17.8. The van der Waals surface area contributed by atoms with Crippen molar-refractivity contribution in [3.05, 3.63) is 34.3 Å². The second-order valence-corrected chi connectivity index (χ2v) is 4.19. The summed E-state index contributed by atoms with van der Waals surface area (Å²) in [7, 11) is 0. The lowest BCUT2D eigenvalue weighted by Gasteiger charge is -2.14. The van der Waals surface area contributed by atoms with E-state index in [-0.39, 0.29) is 19.1 Å². The molecule has 0 saturated carbocycles. The second kappa shape index (κ2) is 6.17. The molecular weight excluding hydrogens is 244 g/mol. The molecular formula is C11H15BrO2. The predicted octanol–water partition coefficient (Wildman–Crippen LogP) is 2.30. The van der Waals surface area contributed by atoms with Crippen LogP contribution in [0, 0.1) is 0 Å². The number of aliphatic hydroxyl groups is 2. The molecule has 0 heterocycles. The Morgan fingerprint density at radius 3 is 1.93 bits per heavy atom. The van der Waals surface area contributed by atoms with Crippen molar-refractivity contribution in [1.29, 1.82) is 0 Å². The minimum atomic E-state index is 0.167. The van der Waals surface area contributed by atoms with E-state index in [4.69, 9.17) is 10.2 Å². The predicted molar refractivity (Wildman–Crippen MR) is 60.3 cm³/mol. The van der Waals surface area contributed by atoms with Crippen molar-refractivity contribution in [3.8, 4) is 0 Å². The van der Waals surface area contributed by atoms with Crippen LogP contribution in [0.4, 0.5) is 0 Å². The van der Waals surface area contributed by atoms with Crippen molar-refractivity contribution < 1.29 is 10.2 Å². The van der Waals surface area contributed by atoms with Crippen LogP contribution in [0.15, 0.2) is 28.7 Å². The fourth-order valence-corrected chi connectivity index (χ4v) is 1.79. The second-order valence-electron chi connectivity index (χ2n) is 3.27. The minimum absolute atomic E-state index is 0.167. The third-order valence-electron chi connectivity index (χ3n) is 2.30. The molecule has 0 radical (unpaired) electrons. The maximum atomic E-state index is 8.89. The zero-order valence-electron chi connectivity index (χ0n) is 7.99. The third-order valence-corrected chi connectivity index (χ3v) is 2.83. The first-order valence-electron chi connectivity index (χ1n) is 4.75. The van der Waals surface area contributed by atoms with Crippen LogP contribution in [0.3, 0.4) is 0 Å². The van der Waals surface area contributed by atoms with E-state index in [0.29, 0.717) is 12.8 Å². The number of halogens is 1. The molecule has 0 aromatic heterocycles. The van der Waals surface area contributed by atoms with Crippen LogP contribution in [0.1, 0.15) is 24.3 Å². The van der Waals surface area contributed by atoms with Crippen LogP contribution >= 0.6 is 15.9 Å². The first kappa shape index (κ1) is 11.7. The van der Waals surface area contributed by atoms with Gasteiger partial charge in [0.25, 0.3) is 0 Å². The summed E-state index contributed by atoms with van der Waals surface area (Å²) in [6.45, 7) is 0.335. The zero-order chi connectivity index (χ0) is 10.4. The standard InChI is InChI=1S/C11H15BrO2/c12-11-3-1-9(2-4-11)10(5-7-13)6-8-14/h1-4,10,13-14H,5-8H2. The molecule has 78 valence electrons. The molecule has 0 aliphatic heterocycles. The third kappa shape index (κ3) is 3.40. The lowest BCUT2D eigenvalue weighted by atomic mass is 9.93. The maximum Gasteiger partial charge on any atom is 0.0436 e. The van der Waals surface area contributed by atoms with E-state index in [0.717, 1.165) is 4.47 Å². The Kier molecular flexibility index (Phi) is 5.15. The molecule has 1 rings (SSSR count). The topological polar surface area (TPSA) is 40.5 Å². The molecule has 2 nitrogen and oxygen atoms in total.